The van der Waals surface area contributed by atoms with Gasteiger partial charge >= 0.3 is 5.97 Å². The molecule has 1 fully saturated rings. The van der Waals surface area contributed by atoms with Crippen LogP contribution in [0.1, 0.15) is 30.1 Å². The van der Waals surface area contributed by atoms with Gasteiger partial charge in [0.05, 0.1) is 24.8 Å². The van der Waals surface area contributed by atoms with Crippen molar-refractivity contribution in [2.45, 2.75) is 25.9 Å². The van der Waals surface area contributed by atoms with Crippen LogP contribution in [0.25, 0.3) is 0 Å². The van der Waals surface area contributed by atoms with E-state index in [2.05, 4.69) is 10.6 Å². The van der Waals surface area contributed by atoms with E-state index in [1.165, 1.54) is 0 Å². The summed E-state index contributed by atoms with van der Waals surface area (Å²) >= 11 is 0. The van der Waals surface area contributed by atoms with E-state index in [-0.39, 0.29) is 24.5 Å². The molecule has 1 aromatic rings. The van der Waals surface area contributed by atoms with E-state index in [0.29, 0.717) is 24.4 Å². The van der Waals surface area contributed by atoms with E-state index >= 15 is 0 Å². The Balaban J connectivity index is 1.72. The van der Waals surface area contributed by atoms with Gasteiger partial charge in [0, 0.05) is 18.8 Å². The molecule has 120 valence electrons. The van der Waals surface area contributed by atoms with Crippen LogP contribution in [-0.2, 0) is 14.3 Å². The smallest absolute Gasteiger partial charge is 0.338 e. The van der Waals surface area contributed by atoms with Crippen molar-refractivity contribution in [1.29, 1.82) is 0 Å². The average molecular weight is 306 g/mol. The van der Waals surface area contributed by atoms with E-state index in [1.54, 1.807) is 31.2 Å². The molecule has 0 aromatic heterocycles. The van der Waals surface area contributed by atoms with Crippen LogP contribution in [0.15, 0.2) is 24.3 Å². The second-order valence-corrected chi connectivity index (χ2v) is 5.11. The molecule has 2 rings (SSSR count). The standard InChI is InChI=1S/C16H22N2O4/c1-2-21-16(20)12-5-7-13(8-6-12)18-15(19)11-17-10-14-4-3-9-22-14/h5-8,14,17H,2-4,9-11H2,1H3,(H,18,19). The van der Waals surface area contributed by atoms with Crippen molar-refractivity contribution in [2.75, 3.05) is 31.6 Å². The van der Waals surface area contributed by atoms with Crippen LogP contribution in [-0.4, -0.2) is 44.3 Å². The second kappa shape index (κ2) is 8.51. The first-order valence-electron chi connectivity index (χ1n) is 7.58. The number of carbonyl (C=O) groups is 2. The van der Waals surface area contributed by atoms with Crippen LogP contribution < -0.4 is 10.6 Å². The number of rotatable bonds is 7. The lowest BCUT2D eigenvalue weighted by molar-refractivity contribution is -0.115. The minimum Gasteiger partial charge on any atom is -0.462 e. The van der Waals surface area contributed by atoms with Crippen molar-refractivity contribution in [2.24, 2.45) is 0 Å². The van der Waals surface area contributed by atoms with Crippen LogP contribution in [0.3, 0.4) is 0 Å². The molecule has 0 aliphatic carbocycles. The van der Waals surface area contributed by atoms with Crippen LogP contribution in [0, 0.1) is 0 Å². The fourth-order valence-corrected chi connectivity index (χ4v) is 2.26. The van der Waals surface area contributed by atoms with E-state index in [0.717, 1.165) is 19.4 Å². The maximum absolute atomic E-state index is 11.8. The van der Waals surface area contributed by atoms with E-state index in [4.69, 9.17) is 9.47 Å². The van der Waals surface area contributed by atoms with Gasteiger partial charge in [-0.25, -0.2) is 4.79 Å². The van der Waals surface area contributed by atoms with Gasteiger partial charge in [0.1, 0.15) is 0 Å². The van der Waals surface area contributed by atoms with Crippen molar-refractivity contribution >= 4 is 17.6 Å². The van der Waals surface area contributed by atoms with Crippen molar-refractivity contribution in [3.05, 3.63) is 29.8 Å². The van der Waals surface area contributed by atoms with Crippen LogP contribution in [0.2, 0.25) is 0 Å². The van der Waals surface area contributed by atoms with Gasteiger partial charge in [0.15, 0.2) is 0 Å². The molecule has 1 saturated heterocycles. The normalized spacial score (nSPS) is 17.2. The lowest BCUT2D eigenvalue weighted by Gasteiger charge is -2.11. The Kier molecular flexibility index (Phi) is 6.36. The first-order chi connectivity index (χ1) is 10.7. The first kappa shape index (κ1) is 16.5. The fourth-order valence-electron chi connectivity index (χ4n) is 2.26. The molecule has 0 spiro atoms. The molecule has 1 atom stereocenters. The summed E-state index contributed by atoms with van der Waals surface area (Å²) in [6, 6.07) is 6.63. The minimum atomic E-state index is -0.362. The Morgan fingerprint density at radius 2 is 2.09 bits per heavy atom. The number of hydrogen-bond donors (Lipinski definition) is 2. The molecule has 0 radical (unpaired) electrons. The summed E-state index contributed by atoms with van der Waals surface area (Å²) in [4.78, 5) is 23.3. The number of esters is 1. The van der Waals surface area contributed by atoms with Gasteiger partial charge in [-0.15, -0.1) is 0 Å². The highest BCUT2D eigenvalue weighted by Gasteiger charge is 2.15. The van der Waals surface area contributed by atoms with Gasteiger partial charge in [0.2, 0.25) is 5.91 Å². The number of hydrogen-bond acceptors (Lipinski definition) is 5. The second-order valence-electron chi connectivity index (χ2n) is 5.11. The SMILES string of the molecule is CCOC(=O)c1ccc(NC(=O)CNCC2CCCO2)cc1. The van der Waals surface area contributed by atoms with Crippen molar-refractivity contribution in [1.82, 2.24) is 5.32 Å². The molecule has 0 bridgehead atoms. The molecular weight excluding hydrogens is 284 g/mol. The molecule has 1 aliphatic heterocycles. The van der Waals surface area contributed by atoms with Gasteiger partial charge in [-0.1, -0.05) is 0 Å². The first-order valence-corrected chi connectivity index (χ1v) is 7.58. The highest BCUT2D eigenvalue weighted by Crippen LogP contribution is 2.11. The number of carbonyl (C=O) groups excluding carboxylic acids is 2. The summed E-state index contributed by atoms with van der Waals surface area (Å²) in [7, 11) is 0. The molecule has 1 unspecified atom stereocenters. The van der Waals surface area contributed by atoms with Gasteiger partial charge in [0.25, 0.3) is 0 Å². The maximum atomic E-state index is 11.8. The molecule has 1 amide bonds. The monoisotopic (exact) mass is 306 g/mol. The predicted molar refractivity (Wildman–Crippen MR) is 82.9 cm³/mol. The summed E-state index contributed by atoms with van der Waals surface area (Å²) in [6.45, 7) is 3.84. The number of anilines is 1. The Morgan fingerprint density at radius 3 is 2.73 bits per heavy atom. The topological polar surface area (TPSA) is 76.7 Å². The molecular formula is C16H22N2O4. The Bertz CT molecular complexity index is 495. The van der Waals surface area contributed by atoms with E-state index < -0.39 is 0 Å². The molecule has 1 heterocycles. The van der Waals surface area contributed by atoms with Gasteiger partial charge in [-0.05, 0) is 44.0 Å². The largest absolute Gasteiger partial charge is 0.462 e. The number of benzene rings is 1. The van der Waals surface area contributed by atoms with Gasteiger partial charge in [-0.3, -0.25) is 4.79 Å². The van der Waals surface area contributed by atoms with Crippen LogP contribution in [0.4, 0.5) is 5.69 Å². The molecule has 6 nitrogen and oxygen atoms in total. The molecule has 22 heavy (non-hydrogen) atoms. The van der Waals surface area contributed by atoms with Gasteiger partial charge in [-0.2, -0.15) is 0 Å². The Labute approximate surface area is 130 Å². The maximum Gasteiger partial charge on any atom is 0.338 e. The Morgan fingerprint density at radius 1 is 1.32 bits per heavy atom. The zero-order valence-electron chi connectivity index (χ0n) is 12.8. The summed E-state index contributed by atoms with van der Waals surface area (Å²) in [5, 5.41) is 5.85. The predicted octanol–water partition coefficient (Wildman–Crippen LogP) is 1.57. The molecule has 1 aromatic carbocycles. The quantitative estimate of drug-likeness (QED) is 0.748. The zero-order valence-corrected chi connectivity index (χ0v) is 12.8. The summed E-state index contributed by atoms with van der Waals surface area (Å²) < 4.78 is 10.4. The van der Waals surface area contributed by atoms with Crippen molar-refractivity contribution < 1.29 is 19.1 Å². The van der Waals surface area contributed by atoms with Gasteiger partial charge < -0.3 is 20.1 Å². The van der Waals surface area contributed by atoms with Crippen LogP contribution in [0.5, 0.6) is 0 Å². The highest BCUT2D eigenvalue weighted by molar-refractivity contribution is 5.93. The third-order valence-electron chi connectivity index (χ3n) is 3.36. The summed E-state index contributed by atoms with van der Waals surface area (Å²) in [5.74, 6) is -0.486. The molecule has 0 saturated carbocycles. The molecule has 2 N–H and O–H groups in total. The molecule has 1 aliphatic rings. The lowest BCUT2D eigenvalue weighted by Crippen LogP contribution is -2.33. The Hall–Kier alpha value is -1.92. The molecule has 6 heteroatoms. The average Bonchev–Trinajstić information content (AvgIpc) is 3.01. The highest BCUT2D eigenvalue weighted by atomic mass is 16.5. The van der Waals surface area contributed by atoms with E-state index in [1.807, 2.05) is 0 Å². The number of ether oxygens (including phenoxy) is 2. The minimum absolute atomic E-state index is 0.123. The van der Waals surface area contributed by atoms with Crippen molar-refractivity contribution in [3.63, 3.8) is 0 Å². The third kappa shape index (κ3) is 5.13. The van der Waals surface area contributed by atoms with Crippen LogP contribution >= 0.6 is 0 Å². The lowest BCUT2D eigenvalue weighted by atomic mass is 10.2. The third-order valence-corrected chi connectivity index (χ3v) is 3.36. The number of amides is 1. The van der Waals surface area contributed by atoms with E-state index in [9.17, 15) is 9.59 Å². The fraction of sp³-hybridized carbons (Fsp3) is 0.500. The van der Waals surface area contributed by atoms with Crippen molar-refractivity contribution in [3.8, 4) is 0 Å². The number of nitrogens with one attached hydrogen (secondary N) is 2. The zero-order chi connectivity index (χ0) is 15.8. The summed E-state index contributed by atoms with van der Waals surface area (Å²) in [6.07, 6.45) is 2.35. The summed E-state index contributed by atoms with van der Waals surface area (Å²) in [5.41, 5.74) is 1.12.